The standard InChI is InChI=1S/C17H24O4/c1-4-8-14(18)16(15-12-20-17(2,3)21-15)19-11-13-9-6-5-7-10-13/h4-7,9-10,14-16,18H,1,8,11-12H2,2-3H3/t14-,15+,16+/m1/s1. The van der Waals surface area contributed by atoms with Crippen molar-refractivity contribution in [2.24, 2.45) is 0 Å². The number of hydrogen-bond donors (Lipinski definition) is 1. The molecule has 0 unspecified atom stereocenters. The van der Waals surface area contributed by atoms with E-state index in [2.05, 4.69) is 6.58 Å². The van der Waals surface area contributed by atoms with Crippen molar-refractivity contribution in [3.63, 3.8) is 0 Å². The third kappa shape index (κ3) is 4.64. The molecule has 0 saturated carbocycles. The molecule has 116 valence electrons. The van der Waals surface area contributed by atoms with Gasteiger partial charge in [-0.05, 0) is 25.8 Å². The van der Waals surface area contributed by atoms with Crippen LogP contribution in [0, 0.1) is 0 Å². The smallest absolute Gasteiger partial charge is 0.163 e. The summed E-state index contributed by atoms with van der Waals surface area (Å²) in [5.41, 5.74) is 1.06. The number of aliphatic hydroxyl groups excluding tert-OH is 1. The SMILES string of the molecule is C=CC[C@@H](O)[C@H](OCc1ccccc1)[C@@H]1COC(C)(C)O1. The van der Waals surface area contributed by atoms with Crippen LogP contribution in [0.5, 0.6) is 0 Å². The summed E-state index contributed by atoms with van der Waals surface area (Å²) in [4.78, 5) is 0. The van der Waals surface area contributed by atoms with Gasteiger partial charge in [0.1, 0.15) is 12.2 Å². The van der Waals surface area contributed by atoms with Crippen LogP contribution < -0.4 is 0 Å². The molecular weight excluding hydrogens is 268 g/mol. The van der Waals surface area contributed by atoms with E-state index in [0.717, 1.165) is 5.56 Å². The second kappa shape index (κ2) is 7.18. The van der Waals surface area contributed by atoms with E-state index in [0.29, 0.717) is 19.6 Å². The van der Waals surface area contributed by atoms with Crippen molar-refractivity contribution in [1.82, 2.24) is 0 Å². The Morgan fingerprint density at radius 3 is 2.71 bits per heavy atom. The molecule has 0 spiro atoms. The maximum atomic E-state index is 10.3. The minimum Gasteiger partial charge on any atom is -0.390 e. The summed E-state index contributed by atoms with van der Waals surface area (Å²) in [5.74, 6) is -0.632. The Kier molecular flexibility index (Phi) is 5.53. The molecule has 1 fully saturated rings. The van der Waals surface area contributed by atoms with Crippen LogP contribution in [0.15, 0.2) is 43.0 Å². The lowest BCUT2D eigenvalue weighted by Gasteiger charge is -2.28. The molecule has 3 atom stereocenters. The highest BCUT2D eigenvalue weighted by Crippen LogP contribution is 2.27. The van der Waals surface area contributed by atoms with E-state index in [1.54, 1.807) is 6.08 Å². The molecule has 1 aromatic rings. The minimum absolute atomic E-state index is 0.279. The Hall–Kier alpha value is -1.20. The second-order valence-corrected chi connectivity index (χ2v) is 5.72. The average Bonchev–Trinajstić information content (AvgIpc) is 2.81. The number of rotatable bonds is 7. The Morgan fingerprint density at radius 1 is 1.43 bits per heavy atom. The maximum absolute atomic E-state index is 10.3. The third-order valence-electron chi connectivity index (χ3n) is 3.47. The van der Waals surface area contributed by atoms with Gasteiger partial charge in [0.25, 0.3) is 0 Å². The van der Waals surface area contributed by atoms with Crippen LogP contribution in [0.25, 0.3) is 0 Å². The van der Waals surface area contributed by atoms with Crippen molar-refractivity contribution in [3.8, 4) is 0 Å². The summed E-state index contributed by atoms with van der Waals surface area (Å²) < 4.78 is 17.3. The molecule has 0 aliphatic carbocycles. The van der Waals surface area contributed by atoms with Crippen LogP contribution in [0.4, 0.5) is 0 Å². The first-order valence-electron chi connectivity index (χ1n) is 7.28. The van der Waals surface area contributed by atoms with E-state index in [9.17, 15) is 5.11 Å². The summed E-state index contributed by atoms with van der Waals surface area (Å²) in [5, 5.41) is 10.3. The summed E-state index contributed by atoms with van der Waals surface area (Å²) in [7, 11) is 0. The molecule has 1 saturated heterocycles. The summed E-state index contributed by atoms with van der Waals surface area (Å²) in [6.07, 6.45) is 0.766. The lowest BCUT2D eigenvalue weighted by Crippen LogP contribution is -2.41. The average molecular weight is 292 g/mol. The van der Waals surface area contributed by atoms with Gasteiger partial charge in [-0.1, -0.05) is 36.4 Å². The van der Waals surface area contributed by atoms with Gasteiger partial charge in [-0.3, -0.25) is 0 Å². The lowest BCUT2D eigenvalue weighted by molar-refractivity contribution is -0.171. The molecule has 4 heteroatoms. The number of benzene rings is 1. The maximum Gasteiger partial charge on any atom is 0.163 e. The van der Waals surface area contributed by atoms with Gasteiger partial charge < -0.3 is 19.3 Å². The van der Waals surface area contributed by atoms with Crippen molar-refractivity contribution < 1.29 is 19.3 Å². The quantitative estimate of drug-likeness (QED) is 0.785. The van der Waals surface area contributed by atoms with Crippen molar-refractivity contribution in [1.29, 1.82) is 0 Å². The fraction of sp³-hybridized carbons (Fsp3) is 0.529. The molecule has 4 nitrogen and oxygen atoms in total. The van der Waals surface area contributed by atoms with E-state index in [1.165, 1.54) is 0 Å². The van der Waals surface area contributed by atoms with Gasteiger partial charge in [0.15, 0.2) is 5.79 Å². The molecule has 0 aromatic heterocycles. The monoisotopic (exact) mass is 292 g/mol. The molecule has 21 heavy (non-hydrogen) atoms. The lowest BCUT2D eigenvalue weighted by atomic mass is 10.1. The molecule has 1 aliphatic rings. The van der Waals surface area contributed by atoms with Crippen LogP contribution >= 0.6 is 0 Å². The van der Waals surface area contributed by atoms with E-state index < -0.39 is 18.0 Å². The molecule has 1 heterocycles. The van der Waals surface area contributed by atoms with Crippen molar-refractivity contribution in [2.45, 2.75) is 51.0 Å². The molecule has 1 N–H and O–H groups in total. The first-order valence-corrected chi connectivity index (χ1v) is 7.28. The van der Waals surface area contributed by atoms with Crippen LogP contribution in [-0.4, -0.2) is 35.8 Å². The zero-order chi connectivity index (χ0) is 15.3. The fourth-order valence-electron chi connectivity index (χ4n) is 2.42. The van der Waals surface area contributed by atoms with Crippen LogP contribution in [0.2, 0.25) is 0 Å². The normalized spacial score (nSPS) is 23.7. The fourth-order valence-corrected chi connectivity index (χ4v) is 2.42. The Balaban J connectivity index is 2.00. The van der Waals surface area contributed by atoms with Crippen LogP contribution in [0.3, 0.4) is 0 Å². The molecular formula is C17H24O4. The highest BCUT2D eigenvalue weighted by molar-refractivity contribution is 5.13. The molecule has 0 bridgehead atoms. The van der Waals surface area contributed by atoms with Crippen LogP contribution in [0.1, 0.15) is 25.8 Å². The van der Waals surface area contributed by atoms with E-state index in [1.807, 2.05) is 44.2 Å². The van der Waals surface area contributed by atoms with E-state index >= 15 is 0 Å². The van der Waals surface area contributed by atoms with Crippen molar-refractivity contribution >= 4 is 0 Å². The molecule has 0 radical (unpaired) electrons. The van der Waals surface area contributed by atoms with Gasteiger partial charge >= 0.3 is 0 Å². The predicted octanol–water partition coefficient (Wildman–Crippen LogP) is 2.66. The van der Waals surface area contributed by atoms with Gasteiger partial charge in [-0.15, -0.1) is 6.58 Å². The van der Waals surface area contributed by atoms with Gasteiger partial charge in [-0.2, -0.15) is 0 Å². The molecule has 1 aromatic carbocycles. The Bertz CT molecular complexity index is 443. The number of hydrogen-bond acceptors (Lipinski definition) is 4. The minimum atomic E-state index is -0.659. The highest BCUT2D eigenvalue weighted by atomic mass is 16.7. The summed E-state index contributed by atoms with van der Waals surface area (Å²) >= 11 is 0. The zero-order valence-electron chi connectivity index (χ0n) is 12.7. The number of aliphatic hydroxyl groups is 1. The first-order chi connectivity index (χ1) is 10.0. The topological polar surface area (TPSA) is 47.9 Å². The summed E-state index contributed by atoms with van der Waals surface area (Å²) in [6.45, 7) is 8.24. The zero-order valence-corrected chi connectivity index (χ0v) is 12.7. The molecule has 1 aliphatic heterocycles. The summed E-state index contributed by atoms with van der Waals surface area (Å²) in [6, 6.07) is 9.88. The van der Waals surface area contributed by atoms with Gasteiger partial charge in [0.05, 0.1) is 19.3 Å². The second-order valence-electron chi connectivity index (χ2n) is 5.72. The van der Waals surface area contributed by atoms with Crippen molar-refractivity contribution in [2.75, 3.05) is 6.61 Å². The first kappa shape index (κ1) is 16.2. The third-order valence-corrected chi connectivity index (χ3v) is 3.47. The van der Waals surface area contributed by atoms with Crippen LogP contribution in [-0.2, 0) is 20.8 Å². The van der Waals surface area contributed by atoms with Gasteiger partial charge in [0, 0.05) is 0 Å². The van der Waals surface area contributed by atoms with E-state index in [4.69, 9.17) is 14.2 Å². The number of ether oxygens (including phenoxy) is 3. The highest BCUT2D eigenvalue weighted by Gasteiger charge is 2.40. The van der Waals surface area contributed by atoms with Gasteiger partial charge in [-0.25, -0.2) is 0 Å². The molecule has 2 rings (SSSR count). The Morgan fingerprint density at radius 2 is 2.14 bits per heavy atom. The Labute approximate surface area is 126 Å². The van der Waals surface area contributed by atoms with Crippen molar-refractivity contribution in [3.05, 3.63) is 48.6 Å². The largest absolute Gasteiger partial charge is 0.390 e. The predicted molar refractivity (Wildman–Crippen MR) is 80.7 cm³/mol. The molecule has 0 amide bonds. The van der Waals surface area contributed by atoms with Gasteiger partial charge in [0.2, 0.25) is 0 Å². The van der Waals surface area contributed by atoms with E-state index in [-0.39, 0.29) is 6.10 Å².